The third kappa shape index (κ3) is 4.05. The maximum Gasteiger partial charge on any atom is 0.433 e. The van der Waals surface area contributed by atoms with Crippen molar-refractivity contribution in [3.05, 3.63) is 41.4 Å². The zero-order valence-corrected chi connectivity index (χ0v) is 16.5. The molecule has 1 aliphatic rings. The van der Waals surface area contributed by atoms with Gasteiger partial charge in [-0.05, 0) is 31.9 Å². The molecule has 1 saturated heterocycles. The molecule has 5 nitrogen and oxygen atoms in total. The molecule has 0 aromatic carbocycles. The Morgan fingerprint density at radius 2 is 1.82 bits per heavy atom. The summed E-state index contributed by atoms with van der Waals surface area (Å²) in [7, 11) is 0. The number of fused-ring (bicyclic) bond motifs is 1. The highest BCUT2D eigenvalue weighted by atomic mass is 19.4. The average Bonchev–Trinajstić information content (AvgIpc) is 3.04. The molecule has 0 unspecified atom stereocenters. The molecule has 8 heteroatoms. The fourth-order valence-electron chi connectivity index (χ4n) is 3.42. The lowest BCUT2D eigenvalue weighted by atomic mass is 9.92. The minimum Gasteiger partial charge on any atom is -0.339 e. The molecule has 28 heavy (non-hydrogen) atoms. The van der Waals surface area contributed by atoms with Crippen molar-refractivity contribution < 1.29 is 18.0 Å². The quantitative estimate of drug-likeness (QED) is 0.713. The lowest BCUT2D eigenvalue weighted by molar-refractivity contribution is -0.142. The molecule has 3 rings (SSSR count). The van der Waals surface area contributed by atoms with Gasteiger partial charge in [0.25, 0.3) is 0 Å². The van der Waals surface area contributed by atoms with E-state index in [1.807, 2.05) is 20.8 Å². The van der Waals surface area contributed by atoms with Crippen LogP contribution in [0.4, 0.5) is 13.2 Å². The maximum atomic E-state index is 13.7. The second-order valence-corrected chi connectivity index (χ2v) is 8.21. The van der Waals surface area contributed by atoms with Gasteiger partial charge in [0, 0.05) is 36.2 Å². The molecule has 0 atom stereocenters. The minimum atomic E-state index is -4.53. The molecule has 2 aromatic heterocycles. The Kier molecular flexibility index (Phi) is 5.25. The normalized spacial score (nSPS) is 17.0. The first-order valence-corrected chi connectivity index (χ1v) is 9.40. The molecule has 0 radical (unpaired) electrons. The van der Waals surface area contributed by atoms with Crippen molar-refractivity contribution in [2.45, 2.75) is 58.0 Å². The maximum absolute atomic E-state index is 13.7. The van der Waals surface area contributed by atoms with Crippen LogP contribution in [0.25, 0.3) is 5.65 Å². The molecular formula is C20H25F3N4O. The lowest BCUT2D eigenvalue weighted by Crippen LogP contribution is -2.37. The van der Waals surface area contributed by atoms with Crippen molar-refractivity contribution in [2.24, 2.45) is 0 Å². The van der Waals surface area contributed by atoms with Crippen LogP contribution in [-0.2, 0) is 16.4 Å². The van der Waals surface area contributed by atoms with Crippen LogP contribution in [-0.4, -0.2) is 38.5 Å². The van der Waals surface area contributed by atoms with Gasteiger partial charge in [0.1, 0.15) is 5.69 Å². The molecule has 0 bridgehead atoms. The van der Waals surface area contributed by atoms with E-state index in [0.717, 1.165) is 10.6 Å². The number of halogens is 3. The zero-order valence-electron chi connectivity index (χ0n) is 16.5. The van der Waals surface area contributed by atoms with Gasteiger partial charge in [-0.15, -0.1) is 0 Å². The molecule has 1 aliphatic heterocycles. The first-order valence-electron chi connectivity index (χ1n) is 9.40. The summed E-state index contributed by atoms with van der Waals surface area (Å²) in [6.07, 6.45) is -0.160. The number of alkyl halides is 3. The van der Waals surface area contributed by atoms with Crippen molar-refractivity contribution in [2.75, 3.05) is 13.1 Å². The van der Waals surface area contributed by atoms with Gasteiger partial charge in [-0.2, -0.15) is 18.3 Å². The van der Waals surface area contributed by atoms with E-state index >= 15 is 0 Å². The van der Waals surface area contributed by atoms with Crippen molar-refractivity contribution >= 4 is 11.6 Å². The number of hydrogen-bond acceptors (Lipinski definition) is 3. The predicted molar refractivity (Wildman–Crippen MR) is 100 cm³/mol. The molecule has 0 aliphatic carbocycles. The SMILES string of the molecule is C/C=C/C(=O)N1CCC(c2cc(C(F)(F)F)n3nc(C(C)(C)C)cc3n2)CC1. The van der Waals surface area contributed by atoms with Gasteiger partial charge in [-0.3, -0.25) is 4.79 Å². The Bertz CT molecular complexity index is 901. The Morgan fingerprint density at radius 1 is 1.18 bits per heavy atom. The number of carbonyl (C=O) groups excluding carboxylic acids is 1. The molecule has 2 aromatic rings. The molecule has 3 heterocycles. The van der Waals surface area contributed by atoms with E-state index < -0.39 is 11.9 Å². The monoisotopic (exact) mass is 394 g/mol. The number of hydrogen-bond donors (Lipinski definition) is 0. The first kappa shape index (κ1) is 20.4. The van der Waals surface area contributed by atoms with Gasteiger partial charge < -0.3 is 4.90 Å². The van der Waals surface area contributed by atoms with Crippen LogP contribution in [0.3, 0.4) is 0 Å². The summed E-state index contributed by atoms with van der Waals surface area (Å²) in [6, 6.07) is 2.74. The molecular weight excluding hydrogens is 369 g/mol. The summed E-state index contributed by atoms with van der Waals surface area (Å²) >= 11 is 0. The summed E-state index contributed by atoms with van der Waals surface area (Å²) in [5.74, 6) is -0.181. The van der Waals surface area contributed by atoms with Gasteiger partial charge in [0.05, 0.1) is 5.69 Å². The van der Waals surface area contributed by atoms with Crippen LogP contribution in [0.2, 0.25) is 0 Å². The molecule has 1 amide bonds. The highest BCUT2D eigenvalue weighted by Crippen LogP contribution is 2.35. The lowest BCUT2D eigenvalue weighted by Gasteiger charge is -2.31. The third-order valence-electron chi connectivity index (χ3n) is 5.04. The molecule has 0 N–H and O–H groups in total. The second-order valence-electron chi connectivity index (χ2n) is 8.21. The minimum absolute atomic E-state index is 0.0639. The van der Waals surface area contributed by atoms with Crippen molar-refractivity contribution in [1.82, 2.24) is 19.5 Å². The fraction of sp³-hybridized carbons (Fsp3) is 0.550. The smallest absolute Gasteiger partial charge is 0.339 e. The van der Waals surface area contributed by atoms with E-state index in [1.54, 1.807) is 24.0 Å². The van der Waals surface area contributed by atoms with Gasteiger partial charge in [0.2, 0.25) is 5.91 Å². The van der Waals surface area contributed by atoms with E-state index in [2.05, 4.69) is 10.1 Å². The Hall–Kier alpha value is -2.38. The summed E-state index contributed by atoms with van der Waals surface area (Å²) in [5, 5.41) is 4.17. The Balaban J connectivity index is 1.95. The third-order valence-corrected chi connectivity index (χ3v) is 5.04. The second kappa shape index (κ2) is 7.22. The fourth-order valence-corrected chi connectivity index (χ4v) is 3.42. The standard InChI is InChI=1S/C20H25F3N4O/c1-5-6-18(28)26-9-7-13(8-10-26)14-11-16(20(21,22)23)27-17(24-14)12-15(25-27)19(2,3)4/h5-6,11-13H,7-10H2,1-4H3/b6-5+. The zero-order chi connectivity index (χ0) is 20.7. The van der Waals surface area contributed by atoms with E-state index in [0.29, 0.717) is 37.3 Å². The van der Waals surface area contributed by atoms with E-state index in [4.69, 9.17) is 0 Å². The summed E-state index contributed by atoms with van der Waals surface area (Å²) in [5.41, 5.74) is 0.000202. The van der Waals surface area contributed by atoms with Crippen LogP contribution in [0, 0.1) is 0 Å². The van der Waals surface area contributed by atoms with Crippen LogP contribution in [0.1, 0.15) is 63.5 Å². The molecule has 0 spiro atoms. The van der Waals surface area contributed by atoms with Crippen molar-refractivity contribution in [1.29, 1.82) is 0 Å². The number of amides is 1. The van der Waals surface area contributed by atoms with E-state index in [1.165, 1.54) is 6.08 Å². The Morgan fingerprint density at radius 3 is 2.36 bits per heavy atom. The highest BCUT2D eigenvalue weighted by Gasteiger charge is 2.37. The number of aromatic nitrogens is 3. The number of nitrogens with zero attached hydrogens (tertiary/aromatic N) is 4. The van der Waals surface area contributed by atoms with Crippen molar-refractivity contribution in [3.8, 4) is 0 Å². The number of likely N-dealkylation sites (tertiary alicyclic amines) is 1. The molecule has 0 saturated carbocycles. The van der Waals surface area contributed by atoms with Gasteiger partial charge >= 0.3 is 6.18 Å². The van der Waals surface area contributed by atoms with Gasteiger partial charge in [0.15, 0.2) is 5.65 Å². The van der Waals surface area contributed by atoms with Gasteiger partial charge in [-0.1, -0.05) is 26.8 Å². The van der Waals surface area contributed by atoms with Crippen LogP contribution in [0.15, 0.2) is 24.3 Å². The van der Waals surface area contributed by atoms with E-state index in [9.17, 15) is 18.0 Å². The largest absolute Gasteiger partial charge is 0.433 e. The summed E-state index contributed by atoms with van der Waals surface area (Å²) in [4.78, 5) is 18.2. The Labute approximate surface area is 162 Å². The first-order chi connectivity index (χ1) is 13.0. The number of allylic oxidation sites excluding steroid dienone is 1. The topological polar surface area (TPSA) is 50.5 Å². The van der Waals surface area contributed by atoms with E-state index in [-0.39, 0.29) is 22.9 Å². The summed E-state index contributed by atoms with van der Waals surface area (Å²) < 4.78 is 41.9. The average molecular weight is 394 g/mol. The van der Waals surface area contributed by atoms with Gasteiger partial charge in [-0.25, -0.2) is 9.50 Å². The number of rotatable bonds is 2. The van der Waals surface area contributed by atoms with Crippen LogP contribution in [0.5, 0.6) is 0 Å². The number of carbonyl (C=O) groups is 1. The van der Waals surface area contributed by atoms with Crippen LogP contribution < -0.4 is 0 Å². The van der Waals surface area contributed by atoms with Crippen LogP contribution >= 0.6 is 0 Å². The molecule has 1 fully saturated rings. The highest BCUT2D eigenvalue weighted by molar-refractivity contribution is 5.87. The van der Waals surface area contributed by atoms with Crippen molar-refractivity contribution in [3.63, 3.8) is 0 Å². The predicted octanol–water partition coefficient (Wildman–Crippen LogP) is 4.33. The summed E-state index contributed by atoms with van der Waals surface area (Å²) in [6.45, 7) is 8.50. The molecule has 152 valence electrons. The number of piperidine rings is 1.